The number of nitrogens with zero attached hydrogens (tertiary/aromatic N) is 1. The normalized spacial score (nSPS) is 15.5. The van der Waals surface area contributed by atoms with E-state index in [0.717, 1.165) is 47.8 Å². The van der Waals surface area contributed by atoms with Crippen LogP contribution >= 0.6 is 11.8 Å². The van der Waals surface area contributed by atoms with Crippen LogP contribution < -0.4 is 5.56 Å². The fraction of sp³-hybridized carbons (Fsp3) is 0.714. The van der Waals surface area contributed by atoms with Gasteiger partial charge in [0.1, 0.15) is 5.82 Å². The topological polar surface area (TPSA) is 45.8 Å². The van der Waals surface area contributed by atoms with Crippen molar-refractivity contribution in [3.63, 3.8) is 0 Å². The maximum Gasteiger partial charge on any atom is 0.254 e. The summed E-state index contributed by atoms with van der Waals surface area (Å²) in [6.07, 6.45) is 5.38. The van der Waals surface area contributed by atoms with Crippen LogP contribution in [0.15, 0.2) is 4.79 Å². The zero-order valence-corrected chi connectivity index (χ0v) is 12.1. The van der Waals surface area contributed by atoms with Crippen LogP contribution in [0.1, 0.15) is 50.2 Å². The fourth-order valence-electron chi connectivity index (χ4n) is 2.29. The Labute approximate surface area is 113 Å². The van der Waals surface area contributed by atoms with Gasteiger partial charge in [0.2, 0.25) is 0 Å². The first-order chi connectivity index (χ1) is 8.66. The van der Waals surface area contributed by atoms with E-state index in [9.17, 15) is 4.79 Å². The number of hydrogen-bond donors (Lipinski definition) is 1. The van der Waals surface area contributed by atoms with Gasteiger partial charge in [-0.3, -0.25) is 4.79 Å². The minimum atomic E-state index is 0.0991. The zero-order chi connectivity index (χ0) is 13.0. The molecule has 100 valence electrons. The molecule has 18 heavy (non-hydrogen) atoms. The molecule has 1 aliphatic carbocycles. The zero-order valence-electron chi connectivity index (χ0n) is 11.3. The van der Waals surface area contributed by atoms with Gasteiger partial charge in [-0.15, -0.1) is 0 Å². The minimum Gasteiger partial charge on any atom is -0.310 e. The molecule has 0 saturated heterocycles. The number of thioether (sulfide) groups is 1. The first kappa shape index (κ1) is 13.7. The molecule has 0 atom stereocenters. The predicted octanol–water partition coefficient (Wildman–Crippen LogP) is 2.93. The smallest absolute Gasteiger partial charge is 0.254 e. The van der Waals surface area contributed by atoms with Crippen LogP contribution in [-0.2, 0) is 18.6 Å². The summed E-state index contributed by atoms with van der Waals surface area (Å²) in [5, 5.41) is 0. The average Bonchev–Trinajstić information content (AvgIpc) is 2.54. The molecule has 0 aliphatic heterocycles. The molecule has 1 aromatic rings. The van der Waals surface area contributed by atoms with E-state index in [0.29, 0.717) is 5.92 Å². The molecule has 0 unspecified atom stereocenters. The maximum atomic E-state index is 12.0. The van der Waals surface area contributed by atoms with E-state index in [1.165, 1.54) is 12.8 Å². The lowest BCUT2D eigenvalue weighted by Gasteiger charge is -2.08. The molecule has 1 aromatic heterocycles. The lowest BCUT2D eigenvalue weighted by Crippen LogP contribution is -2.19. The number of H-pyrrole nitrogens is 1. The summed E-state index contributed by atoms with van der Waals surface area (Å²) in [7, 11) is 0. The predicted molar refractivity (Wildman–Crippen MR) is 77.1 cm³/mol. The van der Waals surface area contributed by atoms with Crippen molar-refractivity contribution in [3.05, 3.63) is 27.4 Å². The first-order valence-electron chi connectivity index (χ1n) is 6.85. The Morgan fingerprint density at radius 1 is 1.28 bits per heavy atom. The molecule has 0 bridgehead atoms. The highest BCUT2D eigenvalue weighted by atomic mass is 32.2. The Morgan fingerprint density at radius 2 is 2.06 bits per heavy atom. The van der Waals surface area contributed by atoms with Crippen molar-refractivity contribution in [2.24, 2.45) is 5.92 Å². The monoisotopic (exact) mass is 266 g/mol. The molecular weight excluding hydrogens is 244 g/mol. The maximum absolute atomic E-state index is 12.0. The highest BCUT2D eigenvalue weighted by molar-refractivity contribution is 7.98. The van der Waals surface area contributed by atoms with E-state index in [2.05, 4.69) is 23.8 Å². The van der Waals surface area contributed by atoms with Crippen LogP contribution in [0, 0.1) is 5.92 Å². The second kappa shape index (κ2) is 6.41. The molecule has 0 saturated carbocycles. The Hall–Kier alpha value is -0.770. The minimum absolute atomic E-state index is 0.0991. The summed E-state index contributed by atoms with van der Waals surface area (Å²) < 4.78 is 0. The third-order valence-corrected chi connectivity index (χ3v) is 4.56. The van der Waals surface area contributed by atoms with Crippen molar-refractivity contribution >= 4 is 11.8 Å². The Balaban J connectivity index is 2.11. The Kier molecular flexibility index (Phi) is 4.87. The van der Waals surface area contributed by atoms with Crippen LogP contribution in [0.4, 0.5) is 0 Å². The molecule has 2 rings (SSSR count). The largest absolute Gasteiger partial charge is 0.310 e. The number of aromatic nitrogens is 2. The van der Waals surface area contributed by atoms with Gasteiger partial charge < -0.3 is 4.98 Å². The van der Waals surface area contributed by atoms with Crippen molar-refractivity contribution in [1.29, 1.82) is 0 Å². The van der Waals surface area contributed by atoms with Gasteiger partial charge in [0.05, 0.1) is 11.4 Å². The summed E-state index contributed by atoms with van der Waals surface area (Å²) >= 11 is 1.85. The van der Waals surface area contributed by atoms with E-state index in [1.54, 1.807) is 0 Å². The molecule has 1 N–H and O–H groups in total. The number of aryl methyl sites for hydroxylation is 1. The molecule has 4 heteroatoms. The quantitative estimate of drug-likeness (QED) is 0.852. The van der Waals surface area contributed by atoms with E-state index >= 15 is 0 Å². The number of hydrogen-bond acceptors (Lipinski definition) is 3. The second-order valence-electron chi connectivity index (χ2n) is 5.41. The molecule has 0 amide bonds. The second-order valence-corrected chi connectivity index (χ2v) is 6.44. The molecule has 0 aromatic carbocycles. The van der Waals surface area contributed by atoms with Gasteiger partial charge in [-0.05, 0) is 37.4 Å². The molecule has 0 spiro atoms. The Bertz CT molecular complexity index is 454. The number of rotatable bonds is 4. The molecule has 1 aliphatic rings. The molecule has 3 nitrogen and oxygen atoms in total. The summed E-state index contributed by atoms with van der Waals surface area (Å²) in [5.74, 6) is 3.47. The van der Waals surface area contributed by atoms with Crippen LogP contribution in [-0.4, -0.2) is 15.7 Å². The van der Waals surface area contributed by atoms with Crippen molar-refractivity contribution in [2.75, 3.05) is 5.75 Å². The van der Waals surface area contributed by atoms with Gasteiger partial charge in [-0.25, -0.2) is 4.98 Å². The third-order valence-electron chi connectivity index (χ3n) is 3.18. The van der Waals surface area contributed by atoms with Gasteiger partial charge in [0, 0.05) is 5.56 Å². The van der Waals surface area contributed by atoms with Crippen LogP contribution in [0.3, 0.4) is 0 Å². The van der Waals surface area contributed by atoms with E-state index in [-0.39, 0.29) is 5.56 Å². The van der Waals surface area contributed by atoms with Crippen LogP contribution in [0.25, 0.3) is 0 Å². The number of nitrogens with one attached hydrogen (secondary N) is 1. The Morgan fingerprint density at radius 3 is 2.83 bits per heavy atom. The van der Waals surface area contributed by atoms with Crippen LogP contribution in [0.2, 0.25) is 0 Å². The summed E-state index contributed by atoms with van der Waals surface area (Å²) in [6.45, 7) is 4.42. The lowest BCUT2D eigenvalue weighted by atomic mass is 10.1. The van der Waals surface area contributed by atoms with Crippen LogP contribution in [0.5, 0.6) is 0 Å². The summed E-state index contributed by atoms with van der Waals surface area (Å²) in [5.41, 5.74) is 2.09. The fourth-order valence-corrected chi connectivity index (χ4v) is 3.21. The SMILES string of the molecule is CC(C)CSCc1nc2c(c(=O)[nH]1)CCCCC2. The van der Waals surface area contributed by atoms with Crippen molar-refractivity contribution in [1.82, 2.24) is 9.97 Å². The van der Waals surface area contributed by atoms with Crippen molar-refractivity contribution < 1.29 is 0 Å². The standard InChI is InChI=1S/C14H22N2OS/c1-10(2)8-18-9-13-15-12-7-5-3-4-6-11(12)14(17)16-13/h10H,3-9H2,1-2H3,(H,15,16,17). The van der Waals surface area contributed by atoms with Gasteiger partial charge in [0.25, 0.3) is 5.56 Å². The highest BCUT2D eigenvalue weighted by Gasteiger charge is 2.14. The van der Waals surface area contributed by atoms with Gasteiger partial charge in [-0.2, -0.15) is 11.8 Å². The van der Waals surface area contributed by atoms with Crippen molar-refractivity contribution in [2.45, 2.75) is 51.7 Å². The number of fused-ring (bicyclic) bond motifs is 1. The molecule has 0 fully saturated rings. The molecular formula is C14H22N2OS. The van der Waals surface area contributed by atoms with E-state index in [1.807, 2.05) is 11.8 Å². The first-order valence-corrected chi connectivity index (χ1v) is 8.01. The van der Waals surface area contributed by atoms with Crippen molar-refractivity contribution in [3.8, 4) is 0 Å². The van der Waals surface area contributed by atoms with Gasteiger partial charge in [0.15, 0.2) is 0 Å². The van der Waals surface area contributed by atoms with Gasteiger partial charge >= 0.3 is 0 Å². The van der Waals surface area contributed by atoms with Gasteiger partial charge in [-0.1, -0.05) is 20.3 Å². The highest BCUT2D eigenvalue weighted by Crippen LogP contribution is 2.17. The van der Waals surface area contributed by atoms with E-state index < -0.39 is 0 Å². The summed E-state index contributed by atoms with van der Waals surface area (Å²) in [6, 6.07) is 0. The molecule has 1 heterocycles. The lowest BCUT2D eigenvalue weighted by molar-refractivity contribution is 0.708. The summed E-state index contributed by atoms with van der Waals surface area (Å²) in [4.78, 5) is 19.6. The average molecular weight is 266 g/mol. The molecule has 0 radical (unpaired) electrons. The third kappa shape index (κ3) is 3.61. The van der Waals surface area contributed by atoms with E-state index in [4.69, 9.17) is 0 Å². The number of aromatic amines is 1.